The minimum atomic E-state index is -4.58. The lowest BCUT2D eigenvalue weighted by atomic mass is 10.1. The van der Waals surface area contributed by atoms with E-state index in [1.165, 1.54) is 12.1 Å². The quantitative estimate of drug-likeness (QED) is 0.488. The summed E-state index contributed by atoms with van der Waals surface area (Å²) in [6.45, 7) is 0. The predicted octanol–water partition coefficient (Wildman–Crippen LogP) is 2.94. The van der Waals surface area contributed by atoms with Gasteiger partial charge >= 0.3 is 6.18 Å². The van der Waals surface area contributed by atoms with Crippen molar-refractivity contribution in [2.45, 2.75) is 19.0 Å². The standard InChI is InChI=1S/C10H7BrF3NO2/c11-9-3-1-2-7(15-9)8(17)4-6(16)5-10(12,13)14/h1-3H,4-5H2. The van der Waals surface area contributed by atoms with Crippen molar-refractivity contribution >= 4 is 27.5 Å². The molecule has 0 fully saturated rings. The van der Waals surface area contributed by atoms with Crippen molar-refractivity contribution in [2.24, 2.45) is 0 Å². The Morgan fingerprint density at radius 2 is 1.94 bits per heavy atom. The van der Waals surface area contributed by atoms with E-state index in [2.05, 4.69) is 20.9 Å². The van der Waals surface area contributed by atoms with Crippen LogP contribution in [0.25, 0.3) is 0 Å². The van der Waals surface area contributed by atoms with Crippen molar-refractivity contribution in [3.63, 3.8) is 0 Å². The van der Waals surface area contributed by atoms with Crippen molar-refractivity contribution in [2.75, 3.05) is 0 Å². The van der Waals surface area contributed by atoms with E-state index in [0.29, 0.717) is 4.60 Å². The number of Topliss-reactive ketones (excluding diaryl/α,β-unsaturated/α-hetero) is 2. The zero-order chi connectivity index (χ0) is 13.1. The Labute approximate surface area is 103 Å². The highest BCUT2D eigenvalue weighted by Crippen LogP contribution is 2.21. The first kappa shape index (κ1) is 13.8. The van der Waals surface area contributed by atoms with Crippen molar-refractivity contribution in [1.82, 2.24) is 4.98 Å². The minimum absolute atomic E-state index is 0.0325. The molecule has 0 bridgehead atoms. The molecule has 0 aliphatic heterocycles. The molecule has 92 valence electrons. The largest absolute Gasteiger partial charge is 0.395 e. The maximum Gasteiger partial charge on any atom is 0.395 e. The summed E-state index contributed by atoms with van der Waals surface area (Å²) in [5.41, 5.74) is -0.0325. The highest BCUT2D eigenvalue weighted by Gasteiger charge is 2.31. The second-order valence-electron chi connectivity index (χ2n) is 3.28. The van der Waals surface area contributed by atoms with Crippen LogP contribution in [0.1, 0.15) is 23.3 Å². The van der Waals surface area contributed by atoms with Gasteiger partial charge in [-0.25, -0.2) is 4.98 Å². The molecule has 1 rings (SSSR count). The SMILES string of the molecule is O=C(CC(=O)c1cccc(Br)n1)CC(F)(F)F. The zero-order valence-corrected chi connectivity index (χ0v) is 10.0. The van der Waals surface area contributed by atoms with E-state index >= 15 is 0 Å². The Balaban J connectivity index is 2.64. The van der Waals surface area contributed by atoms with Gasteiger partial charge in [-0.15, -0.1) is 0 Å². The molecule has 1 aromatic heterocycles. The van der Waals surface area contributed by atoms with Crippen molar-refractivity contribution in [1.29, 1.82) is 0 Å². The summed E-state index contributed by atoms with van der Waals surface area (Å²) >= 11 is 3.02. The Morgan fingerprint density at radius 1 is 1.29 bits per heavy atom. The molecule has 17 heavy (non-hydrogen) atoms. The van der Waals surface area contributed by atoms with E-state index < -0.39 is 30.6 Å². The molecule has 0 aliphatic rings. The Hall–Kier alpha value is -1.24. The molecule has 1 aromatic rings. The van der Waals surface area contributed by atoms with Gasteiger partial charge in [0.2, 0.25) is 0 Å². The van der Waals surface area contributed by atoms with Gasteiger partial charge in [0.15, 0.2) is 5.78 Å². The first-order chi connectivity index (χ1) is 7.78. The van der Waals surface area contributed by atoms with Crippen LogP contribution >= 0.6 is 15.9 Å². The number of carbonyl (C=O) groups is 2. The molecule has 7 heteroatoms. The number of halogens is 4. The lowest BCUT2D eigenvalue weighted by molar-refractivity contribution is -0.151. The normalized spacial score (nSPS) is 11.3. The average Bonchev–Trinajstić information content (AvgIpc) is 2.14. The second kappa shape index (κ2) is 5.39. The fourth-order valence-electron chi connectivity index (χ4n) is 1.12. The van der Waals surface area contributed by atoms with Crippen molar-refractivity contribution in [3.8, 4) is 0 Å². The first-order valence-corrected chi connectivity index (χ1v) is 5.31. The number of rotatable bonds is 4. The molecule has 0 aromatic carbocycles. The third kappa shape index (κ3) is 5.08. The van der Waals surface area contributed by atoms with E-state index in [1.807, 2.05) is 0 Å². The zero-order valence-electron chi connectivity index (χ0n) is 8.42. The van der Waals surface area contributed by atoms with Gasteiger partial charge in [-0.3, -0.25) is 9.59 Å². The molecule has 0 atom stereocenters. The topological polar surface area (TPSA) is 47.0 Å². The first-order valence-electron chi connectivity index (χ1n) is 4.52. The van der Waals surface area contributed by atoms with E-state index in [0.717, 1.165) is 0 Å². The van der Waals surface area contributed by atoms with Crippen LogP contribution in [-0.4, -0.2) is 22.7 Å². The second-order valence-corrected chi connectivity index (χ2v) is 4.09. The number of carbonyl (C=O) groups excluding carboxylic acids is 2. The van der Waals surface area contributed by atoms with Crippen molar-refractivity contribution < 1.29 is 22.8 Å². The molecule has 0 aliphatic carbocycles. The van der Waals surface area contributed by atoms with Crippen LogP contribution in [0, 0.1) is 0 Å². The summed E-state index contributed by atoms with van der Waals surface area (Å²) in [6, 6.07) is 4.42. The highest BCUT2D eigenvalue weighted by molar-refractivity contribution is 9.10. The van der Waals surface area contributed by atoms with Crippen LogP contribution in [0.4, 0.5) is 13.2 Å². The molecule has 0 spiro atoms. The minimum Gasteiger partial charge on any atom is -0.299 e. The smallest absolute Gasteiger partial charge is 0.299 e. The fraction of sp³-hybridized carbons (Fsp3) is 0.300. The molecular weight excluding hydrogens is 303 g/mol. The third-order valence-electron chi connectivity index (χ3n) is 1.76. The van der Waals surface area contributed by atoms with Crippen LogP contribution in [0.5, 0.6) is 0 Å². The molecular formula is C10H7BrF3NO2. The molecule has 0 saturated heterocycles. The molecule has 3 nitrogen and oxygen atoms in total. The summed E-state index contributed by atoms with van der Waals surface area (Å²) in [6.07, 6.45) is -6.96. The summed E-state index contributed by atoms with van der Waals surface area (Å²) in [5, 5.41) is 0. The van der Waals surface area contributed by atoms with Crippen LogP contribution in [0.3, 0.4) is 0 Å². The van der Waals surface area contributed by atoms with Gasteiger partial charge in [0, 0.05) is 0 Å². The van der Waals surface area contributed by atoms with Gasteiger partial charge in [0.05, 0.1) is 6.42 Å². The highest BCUT2D eigenvalue weighted by atomic mass is 79.9. The monoisotopic (exact) mass is 309 g/mol. The van der Waals surface area contributed by atoms with Gasteiger partial charge in [-0.2, -0.15) is 13.2 Å². The van der Waals surface area contributed by atoms with Crippen LogP contribution < -0.4 is 0 Å². The van der Waals surface area contributed by atoms with Gasteiger partial charge in [0.1, 0.15) is 22.5 Å². The van der Waals surface area contributed by atoms with E-state index in [9.17, 15) is 22.8 Å². The number of hydrogen-bond acceptors (Lipinski definition) is 3. The summed E-state index contributed by atoms with van der Waals surface area (Å²) < 4.78 is 36.0. The molecule has 0 saturated carbocycles. The van der Waals surface area contributed by atoms with Crippen LogP contribution in [0.15, 0.2) is 22.8 Å². The average molecular weight is 310 g/mol. The van der Waals surface area contributed by atoms with Crippen LogP contribution in [-0.2, 0) is 4.79 Å². The van der Waals surface area contributed by atoms with E-state index in [1.54, 1.807) is 6.07 Å². The fourth-order valence-corrected chi connectivity index (χ4v) is 1.46. The van der Waals surface area contributed by atoms with E-state index in [-0.39, 0.29) is 5.69 Å². The Kier molecular flexibility index (Phi) is 4.39. The number of hydrogen-bond donors (Lipinski definition) is 0. The summed E-state index contributed by atoms with van der Waals surface area (Å²) in [7, 11) is 0. The number of aromatic nitrogens is 1. The van der Waals surface area contributed by atoms with E-state index in [4.69, 9.17) is 0 Å². The van der Waals surface area contributed by atoms with Crippen molar-refractivity contribution in [3.05, 3.63) is 28.5 Å². The van der Waals surface area contributed by atoms with Gasteiger partial charge in [-0.1, -0.05) is 6.07 Å². The maximum atomic E-state index is 11.9. The predicted molar refractivity (Wildman–Crippen MR) is 56.6 cm³/mol. The maximum absolute atomic E-state index is 11.9. The third-order valence-corrected chi connectivity index (χ3v) is 2.20. The Morgan fingerprint density at radius 3 is 2.47 bits per heavy atom. The molecule has 1 heterocycles. The van der Waals surface area contributed by atoms with Gasteiger partial charge in [0.25, 0.3) is 0 Å². The number of ketones is 2. The lowest BCUT2D eigenvalue weighted by Gasteiger charge is -2.04. The lowest BCUT2D eigenvalue weighted by Crippen LogP contribution is -2.18. The summed E-state index contributed by atoms with van der Waals surface area (Å²) in [5.74, 6) is -1.88. The number of alkyl halides is 3. The van der Waals surface area contributed by atoms with Gasteiger partial charge < -0.3 is 0 Å². The van der Waals surface area contributed by atoms with Crippen LogP contribution in [0.2, 0.25) is 0 Å². The molecule has 0 N–H and O–H groups in total. The van der Waals surface area contributed by atoms with Gasteiger partial charge in [-0.05, 0) is 28.1 Å². The summed E-state index contributed by atoms with van der Waals surface area (Å²) in [4.78, 5) is 26.1. The molecule has 0 amide bonds. The number of pyridine rings is 1. The molecule has 0 unspecified atom stereocenters. The molecule has 0 radical (unpaired) electrons. The Bertz CT molecular complexity index is 445. The number of nitrogens with zero attached hydrogens (tertiary/aromatic N) is 1.